The molecule has 0 radical (unpaired) electrons. The van der Waals surface area contributed by atoms with Gasteiger partial charge in [-0.3, -0.25) is 14.4 Å². The van der Waals surface area contributed by atoms with Crippen LogP contribution >= 0.6 is 0 Å². The standard InChI is InChI=1S/C22H30N2O4/c1-13-6-14(2)22(15(3)7-13)24-19(25)11-23-20(26)12-28-21(27)10-18-9-16-4-5-17(18)8-16/h6-7,16-18H,4-5,8-12H2,1-3H3,(H,23,26)(H,24,25)/t16-,17+,18-/m0/s1. The second-order valence-electron chi connectivity index (χ2n) is 8.40. The molecule has 2 bridgehead atoms. The van der Waals surface area contributed by atoms with E-state index < -0.39 is 5.91 Å². The molecular formula is C22H30N2O4. The molecule has 152 valence electrons. The summed E-state index contributed by atoms with van der Waals surface area (Å²) in [7, 11) is 0. The molecule has 3 atom stereocenters. The van der Waals surface area contributed by atoms with Crippen LogP contribution in [0, 0.1) is 38.5 Å². The highest BCUT2D eigenvalue weighted by molar-refractivity contribution is 5.96. The first-order valence-corrected chi connectivity index (χ1v) is 10.1. The van der Waals surface area contributed by atoms with Gasteiger partial charge in [0.15, 0.2) is 6.61 Å². The Labute approximate surface area is 166 Å². The zero-order valence-electron chi connectivity index (χ0n) is 17.0. The van der Waals surface area contributed by atoms with Crippen LogP contribution in [0.3, 0.4) is 0 Å². The highest BCUT2D eigenvalue weighted by Gasteiger charge is 2.40. The van der Waals surface area contributed by atoms with Crippen LogP contribution in [0.4, 0.5) is 5.69 Å². The number of hydrogen-bond acceptors (Lipinski definition) is 4. The van der Waals surface area contributed by atoms with E-state index in [-0.39, 0.29) is 25.0 Å². The number of aryl methyl sites for hydroxylation is 3. The van der Waals surface area contributed by atoms with Crippen molar-refractivity contribution in [3.05, 3.63) is 28.8 Å². The highest BCUT2D eigenvalue weighted by Crippen LogP contribution is 2.49. The van der Waals surface area contributed by atoms with E-state index in [2.05, 4.69) is 10.6 Å². The fourth-order valence-electron chi connectivity index (χ4n) is 4.84. The van der Waals surface area contributed by atoms with Crippen molar-refractivity contribution < 1.29 is 19.1 Å². The molecule has 0 heterocycles. The number of esters is 1. The Morgan fingerprint density at radius 2 is 1.75 bits per heavy atom. The van der Waals surface area contributed by atoms with E-state index in [4.69, 9.17) is 4.74 Å². The summed E-state index contributed by atoms with van der Waals surface area (Å²) in [5.41, 5.74) is 3.86. The predicted octanol–water partition coefficient (Wildman–Crippen LogP) is 3.04. The first-order valence-electron chi connectivity index (χ1n) is 10.1. The third kappa shape index (κ3) is 5.12. The zero-order chi connectivity index (χ0) is 20.3. The molecule has 0 aromatic heterocycles. The Hall–Kier alpha value is -2.37. The fourth-order valence-corrected chi connectivity index (χ4v) is 4.84. The number of nitrogens with one attached hydrogen (secondary N) is 2. The molecule has 2 aliphatic carbocycles. The molecule has 0 spiro atoms. The summed E-state index contributed by atoms with van der Waals surface area (Å²) in [5, 5.41) is 5.33. The topological polar surface area (TPSA) is 84.5 Å². The minimum atomic E-state index is -0.464. The van der Waals surface area contributed by atoms with Crippen molar-refractivity contribution in [3.63, 3.8) is 0 Å². The number of rotatable bonds is 7. The van der Waals surface area contributed by atoms with Crippen LogP contribution in [0.5, 0.6) is 0 Å². The van der Waals surface area contributed by atoms with Crippen LogP contribution in [-0.4, -0.2) is 30.9 Å². The summed E-state index contributed by atoms with van der Waals surface area (Å²) >= 11 is 0. The summed E-state index contributed by atoms with van der Waals surface area (Å²) in [5.74, 6) is 0.767. The van der Waals surface area contributed by atoms with E-state index in [1.165, 1.54) is 19.3 Å². The van der Waals surface area contributed by atoms with Gasteiger partial charge in [0.05, 0.1) is 6.54 Å². The molecule has 0 unspecified atom stereocenters. The maximum atomic E-state index is 12.1. The maximum Gasteiger partial charge on any atom is 0.306 e. The van der Waals surface area contributed by atoms with Gasteiger partial charge in [0.2, 0.25) is 5.91 Å². The fraction of sp³-hybridized carbons (Fsp3) is 0.591. The molecule has 1 aromatic rings. The molecule has 2 aliphatic rings. The number of carbonyl (C=O) groups excluding carboxylic acids is 3. The van der Waals surface area contributed by atoms with Crippen molar-refractivity contribution >= 4 is 23.5 Å². The Kier molecular flexibility index (Phi) is 6.37. The van der Waals surface area contributed by atoms with Gasteiger partial charge in [-0.05, 0) is 68.9 Å². The lowest BCUT2D eigenvalue weighted by Crippen LogP contribution is -2.36. The molecule has 3 rings (SSSR count). The molecule has 1 aromatic carbocycles. The number of anilines is 1. The van der Waals surface area contributed by atoms with Crippen molar-refractivity contribution in [3.8, 4) is 0 Å². The Morgan fingerprint density at radius 3 is 2.36 bits per heavy atom. The molecule has 0 saturated heterocycles. The number of benzene rings is 1. The number of ether oxygens (including phenoxy) is 1. The van der Waals surface area contributed by atoms with Crippen LogP contribution in [0.15, 0.2) is 12.1 Å². The van der Waals surface area contributed by atoms with Crippen LogP contribution in [0.25, 0.3) is 0 Å². The summed E-state index contributed by atoms with van der Waals surface area (Å²) in [6, 6.07) is 3.99. The average Bonchev–Trinajstić information content (AvgIpc) is 3.24. The molecule has 2 saturated carbocycles. The summed E-state index contributed by atoms with van der Waals surface area (Å²) < 4.78 is 5.09. The third-order valence-corrected chi connectivity index (χ3v) is 6.07. The third-order valence-electron chi connectivity index (χ3n) is 6.07. The molecule has 6 heteroatoms. The van der Waals surface area contributed by atoms with Gasteiger partial charge in [-0.1, -0.05) is 24.1 Å². The first kappa shape index (κ1) is 20.4. The van der Waals surface area contributed by atoms with Gasteiger partial charge in [0, 0.05) is 12.1 Å². The highest BCUT2D eigenvalue weighted by atomic mass is 16.5. The van der Waals surface area contributed by atoms with E-state index >= 15 is 0 Å². The molecule has 2 fully saturated rings. The second-order valence-corrected chi connectivity index (χ2v) is 8.40. The SMILES string of the molecule is Cc1cc(C)c(NC(=O)CNC(=O)COC(=O)C[C@@H]2C[C@H]3CC[C@@H]2C3)c(C)c1. The van der Waals surface area contributed by atoms with Gasteiger partial charge in [-0.25, -0.2) is 0 Å². The van der Waals surface area contributed by atoms with Crippen molar-refractivity contribution in [2.45, 2.75) is 52.9 Å². The summed E-state index contributed by atoms with van der Waals surface area (Å²) in [4.78, 5) is 36.0. The average molecular weight is 386 g/mol. The van der Waals surface area contributed by atoms with Gasteiger partial charge in [-0.2, -0.15) is 0 Å². The van der Waals surface area contributed by atoms with E-state index in [1.807, 2.05) is 32.9 Å². The molecular weight excluding hydrogens is 356 g/mol. The predicted molar refractivity (Wildman–Crippen MR) is 107 cm³/mol. The van der Waals surface area contributed by atoms with Crippen LogP contribution in [0.1, 0.15) is 48.8 Å². The summed E-state index contributed by atoms with van der Waals surface area (Å²) in [6.07, 6.45) is 5.28. The number of carbonyl (C=O) groups is 3. The molecule has 28 heavy (non-hydrogen) atoms. The van der Waals surface area contributed by atoms with Crippen molar-refractivity contribution in [1.29, 1.82) is 0 Å². The van der Waals surface area contributed by atoms with Crippen LogP contribution in [0.2, 0.25) is 0 Å². The largest absolute Gasteiger partial charge is 0.456 e. The Balaban J connectivity index is 1.36. The quantitative estimate of drug-likeness (QED) is 0.706. The number of fused-ring (bicyclic) bond motifs is 2. The monoisotopic (exact) mass is 386 g/mol. The lowest BCUT2D eigenvalue weighted by Gasteiger charge is -2.20. The van der Waals surface area contributed by atoms with Gasteiger partial charge in [0.1, 0.15) is 0 Å². The minimum Gasteiger partial charge on any atom is -0.456 e. The number of amides is 2. The van der Waals surface area contributed by atoms with Gasteiger partial charge in [0.25, 0.3) is 5.91 Å². The van der Waals surface area contributed by atoms with E-state index in [0.29, 0.717) is 18.3 Å². The van der Waals surface area contributed by atoms with Crippen molar-refractivity contribution in [2.24, 2.45) is 17.8 Å². The van der Waals surface area contributed by atoms with E-state index in [0.717, 1.165) is 34.7 Å². The zero-order valence-corrected chi connectivity index (χ0v) is 17.0. The lowest BCUT2D eigenvalue weighted by molar-refractivity contribution is -0.149. The van der Waals surface area contributed by atoms with Crippen LogP contribution in [-0.2, 0) is 19.1 Å². The van der Waals surface area contributed by atoms with Gasteiger partial charge >= 0.3 is 5.97 Å². The van der Waals surface area contributed by atoms with Gasteiger partial charge < -0.3 is 15.4 Å². The molecule has 2 amide bonds. The van der Waals surface area contributed by atoms with Crippen molar-refractivity contribution in [1.82, 2.24) is 5.32 Å². The molecule has 0 aliphatic heterocycles. The minimum absolute atomic E-state index is 0.157. The first-order chi connectivity index (χ1) is 13.3. The van der Waals surface area contributed by atoms with Crippen LogP contribution < -0.4 is 10.6 Å². The van der Waals surface area contributed by atoms with Crippen molar-refractivity contribution in [2.75, 3.05) is 18.5 Å². The van der Waals surface area contributed by atoms with E-state index in [1.54, 1.807) is 0 Å². The Bertz CT molecular complexity index is 751. The Morgan fingerprint density at radius 1 is 1.04 bits per heavy atom. The normalized spacial score (nSPS) is 22.8. The van der Waals surface area contributed by atoms with Gasteiger partial charge in [-0.15, -0.1) is 0 Å². The maximum absolute atomic E-state index is 12.1. The number of hydrogen-bond donors (Lipinski definition) is 2. The molecule has 2 N–H and O–H groups in total. The molecule has 6 nitrogen and oxygen atoms in total. The summed E-state index contributed by atoms with van der Waals surface area (Å²) in [6.45, 7) is 5.38. The second kappa shape index (κ2) is 8.76. The lowest BCUT2D eigenvalue weighted by atomic mass is 9.86. The smallest absolute Gasteiger partial charge is 0.306 e. The van der Waals surface area contributed by atoms with E-state index in [9.17, 15) is 14.4 Å².